The maximum absolute atomic E-state index is 9.83. The van der Waals surface area contributed by atoms with E-state index in [1.807, 2.05) is 43.5 Å². The summed E-state index contributed by atoms with van der Waals surface area (Å²) >= 11 is 0. The van der Waals surface area contributed by atoms with Gasteiger partial charge in [-0.1, -0.05) is 25.1 Å². The van der Waals surface area contributed by atoms with Crippen molar-refractivity contribution >= 4 is 5.69 Å². The fraction of sp³-hybridized carbons (Fsp3) is 0.353. The van der Waals surface area contributed by atoms with E-state index in [0.29, 0.717) is 0 Å². The lowest BCUT2D eigenvalue weighted by molar-refractivity contribution is 0.173. The van der Waals surface area contributed by atoms with E-state index < -0.39 is 0 Å². The third-order valence-corrected chi connectivity index (χ3v) is 3.49. The van der Waals surface area contributed by atoms with Crippen molar-refractivity contribution in [1.29, 1.82) is 0 Å². The summed E-state index contributed by atoms with van der Waals surface area (Å²) in [4.78, 5) is 6.64. The van der Waals surface area contributed by atoms with E-state index >= 15 is 0 Å². The molecule has 2 rings (SSSR count). The Hall–Kier alpha value is -1.87. The number of aliphatic hydroxyl groups excluding tert-OH is 1. The van der Waals surface area contributed by atoms with Gasteiger partial charge in [0.2, 0.25) is 0 Å². The maximum atomic E-state index is 9.83. The van der Waals surface area contributed by atoms with Gasteiger partial charge in [0, 0.05) is 18.4 Å². The Labute approximate surface area is 120 Å². The molecule has 20 heavy (non-hydrogen) atoms. The Balaban J connectivity index is 2.11. The van der Waals surface area contributed by atoms with Gasteiger partial charge in [-0.15, -0.1) is 0 Å². The number of benzene rings is 1. The minimum atomic E-state index is -0.366. The van der Waals surface area contributed by atoms with Crippen LogP contribution in [0.25, 0.3) is 0 Å². The molecular weight excluding hydrogens is 248 g/mol. The van der Waals surface area contributed by atoms with Gasteiger partial charge < -0.3 is 10.0 Å². The predicted octanol–water partition coefficient (Wildman–Crippen LogP) is 3.55. The highest BCUT2D eigenvalue weighted by Gasteiger charge is 2.08. The second-order valence-corrected chi connectivity index (χ2v) is 4.85. The Morgan fingerprint density at radius 3 is 2.40 bits per heavy atom. The molecule has 0 aliphatic heterocycles. The van der Waals surface area contributed by atoms with E-state index in [1.165, 1.54) is 0 Å². The van der Waals surface area contributed by atoms with E-state index in [2.05, 4.69) is 28.9 Å². The molecule has 0 aliphatic carbocycles. The van der Waals surface area contributed by atoms with Crippen LogP contribution in [0.5, 0.6) is 0 Å². The number of pyridine rings is 1. The van der Waals surface area contributed by atoms with Crippen LogP contribution in [0.1, 0.15) is 37.6 Å². The van der Waals surface area contributed by atoms with Crippen molar-refractivity contribution in [3.63, 3.8) is 0 Å². The van der Waals surface area contributed by atoms with Gasteiger partial charge in [0.05, 0.1) is 18.3 Å². The van der Waals surface area contributed by atoms with Gasteiger partial charge >= 0.3 is 0 Å². The van der Waals surface area contributed by atoms with E-state index in [1.54, 1.807) is 0 Å². The van der Waals surface area contributed by atoms with Gasteiger partial charge in [0.25, 0.3) is 0 Å². The van der Waals surface area contributed by atoms with Gasteiger partial charge in [-0.25, -0.2) is 0 Å². The smallest absolute Gasteiger partial charge is 0.0787 e. The zero-order valence-electron chi connectivity index (χ0n) is 12.2. The van der Waals surface area contributed by atoms with Crippen LogP contribution < -0.4 is 4.90 Å². The molecule has 1 heterocycles. The Morgan fingerprint density at radius 1 is 1.10 bits per heavy atom. The molecule has 2 aromatic rings. The van der Waals surface area contributed by atoms with Crippen LogP contribution >= 0.6 is 0 Å². The van der Waals surface area contributed by atoms with Crippen LogP contribution in [0, 0.1) is 0 Å². The van der Waals surface area contributed by atoms with Crippen LogP contribution in [-0.2, 0) is 6.54 Å². The molecule has 1 atom stereocenters. The SMILES string of the molecule is CCC(O)c1ccc(N(CC)Cc2ccccn2)cc1. The minimum Gasteiger partial charge on any atom is -0.388 e. The third-order valence-electron chi connectivity index (χ3n) is 3.49. The van der Waals surface area contributed by atoms with Gasteiger partial charge in [0.15, 0.2) is 0 Å². The normalized spacial score (nSPS) is 12.2. The summed E-state index contributed by atoms with van der Waals surface area (Å²) in [6, 6.07) is 14.1. The highest BCUT2D eigenvalue weighted by molar-refractivity contribution is 5.48. The Kier molecular flexibility index (Phi) is 5.13. The first kappa shape index (κ1) is 14.5. The first-order valence-corrected chi connectivity index (χ1v) is 7.17. The lowest BCUT2D eigenvalue weighted by Gasteiger charge is -2.23. The standard InChI is InChI=1S/C17H22N2O/c1-3-17(20)14-8-10-16(11-9-14)19(4-2)13-15-7-5-6-12-18-15/h5-12,17,20H,3-4,13H2,1-2H3. The van der Waals surface area contributed by atoms with Crippen LogP contribution in [0.2, 0.25) is 0 Å². The number of hydrogen-bond donors (Lipinski definition) is 1. The lowest BCUT2D eigenvalue weighted by Crippen LogP contribution is -2.22. The quantitative estimate of drug-likeness (QED) is 0.872. The number of aromatic nitrogens is 1. The summed E-state index contributed by atoms with van der Waals surface area (Å²) in [7, 11) is 0. The van der Waals surface area contributed by atoms with Crippen LogP contribution in [-0.4, -0.2) is 16.6 Å². The highest BCUT2D eigenvalue weighted by atomic mass is 16.3. The van der Waals surface area contributed by atoms with Gasteiger partial charge in [-0.05, 0) is 43.2 Å². The molecule has 1 unspecified atom stereocenters. The molecule has 1 aromatic carbocycles. The second-order valence-electron chi connectivity index (χ2n) is 4.85. The number of aliphatic hydroxyl groups is 1. The molecule has 3 heteroatoms. The average Bonchev–Trinajstić information content (AvgIpc) is 2.53. The summed E-state index contributed by atoms with van der Waals surface area (Å²) in [6.45, 7) is 5.84. The molecule has 1 aromatic heterocycles. The second kappa shape index (κ2) is 7.06. The molecule has 0 bridgehead atoms. The van der Waals surface area contributed by atoms with Crippen molar-refractivity contribution in [2.45, 2.75) is 32.9 Å². The molecule has 0 fully saturated rings. The van der Waals surface area contributed by atoms with Crippen LogP contribution in [0.15, 0.2) is 48.7 Å². The van der Waals surface area contributed by atoms with Crippen molar-refractivity contribution < 1.29 is 5.11 Å². The molecule has 106 valence electrons. The fourth-order valence-corrected chi connectivity index (χ4v) is 2.22. The van der Waals surface area contributed by atoms with E-state index in [-0.39, 0.29) is 6.10 Å². The topological polar surface area (TPSA) is 36.4 Å². The summed E-state index contributed by atoms with van der Waals surface area (Å²) < 4.78 is 0. The molecular formula is C17H22N2O. The van der Waals surface area contributed by atoms with Crippen molar-refractivity contribution in [2.24, 2.45) is 0 Å². The molecule has 0 aliphatic rings. The highest BCUT2D eigenvalue weighted by Crippen LogP contribution is 2.22. The van der Waals surface area contributed by atoms with Crippen molar-refractivity contribution in [3.05, 3.63) is 59.9 Å². The summed E-state index contributed by atoms with van der Waals surface area (Å²) in [6.07, 6.45) is 2.20. The van der Waals surface area contributed by atoms with Crippen molar-refractivity contribution in [2.75, 3.05) is 11.4 Å². The van der Waals surface area contributed by atoms with E-state index in [4.69, 9.17) is 0 Å². The molecule has 0 saturated heterocycles. The predicted molar refractivity (Wildman–Crippen MR) is 82.7 cm³/mol. The summed E-state index contributed by atoms with van der Waals surface area (Å²) in [5.74, 6) is 0. The fourth-order valence-electron chi connectivity index (χ4n) is 2.22. The van der Waals surface area contributed by atoms with Crippen LogP contribution in [0.3, 0.4) is 0 Å². The van der Waals surface area contributed by atoms with Gasteiger partial charge in [-0.3, -0.25) is 4.98 Å². The monoisotopic (exact) mass is 270 g/mol. The average molecular weight is 270 g/mol. The van der Waals surface area contributed by atoms with Crippen LogP contribution in [0.4, 0.5) is 5.69 Å². The Morgan fingerprint density at radius 2 is 1.85 bits per heavy atom. The Bertz CT molecular complexity index is 510. The van der Waals surface area contributed by atoms with Crippen molar-refractivity contribution in [3.8, 4) is 0 Å². The number of nitrogens with zero attached hydrogens (tertiary/aromatic N) is 2. The first-order chi connectivity index (χ1) is 9.74. The van der Waals surface area contributed by atoms with E-state index in [9.17, 15) is 5.11 Å². The molecule has 0 amide bonds. The first-order valence-electron chi connectivity index (χ1n) is 7.17. The minimum absolute atomic E-state index is 0.366. The zero-order chi connectivity index (χ0) is 14.4. The summed E-state index contributed by atoms with van der Waals surface area (Å²) in [5, 5.41) is 9.83. The molecule has 1 N–H and O–H groups in total. The molecule has 0 radical (unpaired) electrons. The van der Waals surface area contributed by atoms with Gasteiger partial charge in [-0.2, -0.15) is 0 Å². The van der Waals surface area contributed by atoms with Crippen molar-refractivity contribution in [1.82, 2.24) is 4.98 Å². The number of rotatable bonds is 6. The number of anilines is 1. The zero-order valence-corrected chi connectivity index (χ0v) is 12.2. The largest absolute Gasteiger partial charge is 0.388 e. The molecule has 0 spiro atoms. The van der Waals surface area contributed by atoms with Gasteiger partial charge in [0.1, 0.15) is 0 Å². The lowest BCUT2D eigenvalue weighted by atomic mass is 10.1. The third kappa shape index (κ3) is 3.58. The molecule has 0 saturated carbocycles. The summed E-state index contributed by atoms with van der Waals surface area (Å²) in [5.41, 5.74) is 3.20. The van der Waals surface area contributed by atoms with E-state index in [0.717, 1.165) is 36.5 Å². The maximum Gasteiger partial charge on any atom is 0.0787 e. The number of hydrogen-bond acceptors (Lipinski definition) is 3. The molecule has 3 nitrogen and oxygen atoms in total.